The minimum absolute atomic E-state index is 0.0293. The zero-order valence-electron chi connectivity index (χ0n) is 17.0. The molecule has 2 heterocycles. The monoisotopic (exact) mass is 395 g/mol. The Bertz CT molecular complexity index is 499. The highest BCUT2D eigenvalue weighted by molar-refractivity contribution is 5.66. The molecule has 5 unspecified atom stereocenters. The summed E-state index contributed by atoms with van der Waals surface area (Å²) in [6.45, 7) is 2.94. The normalized spacial score (nSPS) is 34.8. The van der Waals surface area contributed by atoms with Gasteiger partial charge in [-0.25, -0.2) is 0 Å². The lowest BCUT2D eigenvalue weighted by Crippen LogP contribution is -2.49. The van der Waals surface area contributed by atoms with Gasteiger partial charge in [-0.3, -0.25) is 9.69 Å². The van der Waals surface area contributed by atoms with Crippen LogP contribution in [0, 0.1) is 5.92 Å². The summed E-state index contributed by atoms with van der Waals surface area (Å²) in [5, 5.41) is 19.5. The van der Waals surface area contributed by atoms with Gasteiger partial charge in [0.05, 0.1) is 12.2 Å². The van der Waals surface area contributed by atoms with Crippen LogP contribution in [0.3, 0.4) is 0 Å². The van der Waals surface area contributed by atoms with E-state index in [1.807, 2.05) is 0 Å². The van der Waals surface area contributed by atoms with Crippen LogP contribution in [0.2, 0.25) is 0 Å². The van der Waals surface area contributed by atoms with Crippen LogP contribution in [0.1, 0.15) is 70.6 Å². The number of aliphatic hydroxyl groups excluding tert-OH is 1. The van der Waals surface area contributed by atoms with Crippen molar-refractivity contribution in [2.75, 3.05) is 19.7 Å². The largest absolute Gasteiger partial charge is 0.481 e. The lowest BCUT2D eigenvalue weighted by atomic mass is 9.93. The molecule has 0 amide bonds. The highest BCUT2D eigenvalue weighted by atomic mass is 16.7. The van der Waals surface area contributed by atoms with E-state index >= 15 is 0 Å². The predicted molar refractivity (Wildman–Crippen MR) is 107 cm³/mol. The van der Waals surface area contributed by atoms with E-state index in [4.69, 9.17) is 14.6 Å². The van der Waals surface area contributed by atoms with Gasteiger partial charge >= 0.3 is 5.97 Å². The molecule has 28 heavy (non-hydrogen) atoms. The Morgan fingerprint density at radius 1 is 1.14 bits per heavy atom. The van der Waals surface area contributed by atoms with Crippen LogP contribution >= 0.6 is 0 Å². The number of hydrogen-bond acceptors (Lipinski definition) is 5. The van der Waals surface area contributed by atoms with E-state index < -0.39 is 5.97 Å². The van der Waals surface area contributed by atoms with Gasteiger partial charge < -0.3 is 19.7 Å². The van der Waals surface area contributed by atoms with Crippen LogP contribution in [-0.2, 0) is 14.3 Å². The van der Waals surface area contributed by atoms with Crippen molar-refractivity contribution >= 4 is 5.97 Å². The van der Waals surface area contributed by atoms with E-state index in [0.717, 1.165) is 51.8 Å². The minimum atomic E-state index is -0.741. The van der Waals surface area contributed by atoms with E-state index in [1.165, 1.54) is 19.3 Å². The molecule has 0 radical (unpaired) electrons. The number of carbonyl (C=O) groups is 1. The van der Waals surface area contributed by atoms with Gasteiger partial charge in [-0.05, 0) is 64.5 Å². The topological polar surface area (TPSA) is 79.2 Å². The quantitative estimate of drug-likeness (QED) is 0.460. The van der Waals surface area contributed by atoms with E-state index in [1.54, 1.807) is 0 Å². The molecular formula is C22H37NO5. The Kier molecular flexibility index (Phi) is 8.77. The van der Waals surface area contributed by atoms with Crippen LogP contribution < -0.4 is 0 Å². The number of allylic oxidation sites excluding steroid dienone is 2. The summed E-state index contributed by atoms with van der Waals surface area (Å²) >= 11 is 0. The molecule has 0 aromatic rings. The third kappa shape index (κ3) is 6.28. The number of ether oxygens (including phenoxy) is 2. The molecule has 3 aliphatic rings. The molecular weight excluding hydrogens is 358 g/mol. The van der Waals surface area contributed by atoms with Crippen LogP contribution in [0.15, 0.2) is 12.2 Å². The number of aliphatic hydroxyl groups is 1. The first-order valence-electron chi connectivity index (χ1n) is 11.2. The minimum Gasteiger partial charge on any atom is -0.481 e. The number of nitrogens with zero attached hydrogens (tertiary/aromatic N) is 1. The van der Waals surface area contributed by atoms with Gasteiger partial charge in [0.15, 0.2) is 6.29 Å². The highest BCUT2D eigenvalue weighted by Gasteiger charge is 2.46. The molecule has 0 spiro atoms. The fourth-order valence-corrected chi connectivity index (χ4v) is 4.97. The fourth-order valence-electron chi connectivity index (χ4n) is 4.97. The Hall–Kier alpha value is -0.950. The van der Waals surface area contributed by atoms with E-state index in [9.17, 15) is 9.90 Å². The van der Waals surface area contributed by atoms with E-state index in [-0.39, 0.29) is 36.9 Å². The third-order valence-corrected chi connectivity index (χ3v) is 6.40. The summed E-state index contributed by atoms with van der Waals surface area (Å²) in [5.41, 5.74) is 0. The molecule has 3 fully saturated rings. The average Bonchev–Trinajstić information content (AvgIpc) is 3.00. The van der Waals surface area contributed by atoms with E-state index in [0.29, 0.717) is 12.8 Å². The maximum Gasteiger partial charge on any atom is 0.303 e. The summed E-state index contributed by atoms with van der Waals surface area (Å²) in [6, 6.07) is 0.240. The first kappa shape index (κ1) is 21.8. The van der Waals surface area contributed by atoms with Crippen molar-refractivity contribution in [1.29, 1.82) is 0 Å². The van der Waals surface area contributed by atoms with Crippen LogP contribution in [0.5, 0.6) is 0 Å². The number of aliphatic carboxylic acids is 1. The molecule has 2 N–H and O–H groups in total. The van der Waals surface area contributed by atoms with Crippen molar-refractivity contribution in [3.05, 3.63) is 12.2 Å². The van der Waals surface area contributed by atoms with Gasteiger partial charge in [0.2, 0.25) is 0 Å². The maximum atomic E-state index is 10.8. The molecule has 1 aliphatic carbocycles. The van der Waals surface area contributed by atoms with Crippen molar-refractivity contribution in [2.24, 2.45) is 5.92 Å². The molecule has 0 bridgehead atoms. The van der Waals surface area contributed by atoms with Crippen LogP contribution in [0.4, 0.5) is 0 Å². The van der Waals surface area contributed by atoms with Crippen molar-refractivity contribution in [2.45, 2.75) is 95.2 Å². The third-order valence-electron chi connectivity index (χ3n) is 6.40. The van der Waals surface area contributed by atoms with Gasteiger partial charge in [0.1, 0.15) is 0 Å². The summed E-state index contributed by atoms with van der Waals surface area (Å²) in [4.78, 5) is 13.2. The number of rotatable bonds is 9. The molecule has 1 saturated carbocycles. The molecule has 2 saturated heterocycles. The standard InChI is InChI=1S/C22H37NO5/c24-18-16-19(28-21-12-6-9-15-27-21)22(23-13-7-3-8-14-23)17(18)10-4-1-2-5-11-20(25)26/h1,4,17-19,21-22,24H,2-3,5-16H2,(H,25,26)/b4-1+. The summed E-state index contributed by atoms with van der Waals surface area (Å²) < 4.78 is 12.2. The Labute approximate surface area is 168 Å². The van der Waals surface area contributed by atoms with Gasteiger partial charge in [-0.15, -0.1) is 0 Å². The highest BCUT2D eigenvalue weighted by Crippen LogP contribution is 2.38. The zero-order valence-corrected chi connectivity index (χ0v) is 17.0. The van der Waals surface area contributed by atoms with Gasteiger partial charge in [0, 0.05) is 31.4 Å². The second kappa shape index (κ2) is 11.3. The SMILES string of the molecule is O=C(O)CCC/C=C/CC1C(O)CC(OC2CCCCO2)C1N1CCCCC1. The van der Waals surface area contributed by atoms with Crippen molar-refractivity contribution in [3.63, 3.8) is 0 Å². The molecule has 0 aromatic heterocycles. The Morgan fingerprint density at radius 3 is 2.68 bits per heavy atom. The number of carboxylic acids is 1. The molecule has 2 aliphatic heterocycles. The number of unbranched alkanes of at least 4 members (excludes halogenated alkanes) is 1. The lowest BCUT2D eigenvalue weighted by Gasteiger charge is -2.39. The summed E-state index contributed by atoms with van der Waals surface area (Å²) in [5.74, 6) is -0.572. The van der Waals surface area contributed by atoms with Crippen molar-refractivity contribution < 1.29 is 24.5 Å². The average molecular weight is 396 g/mol. The second-order valence-corrected chi connectivity index (χ2v) is 8.52. The number of likely N-dealkylation sites (tertiary alicyclic amines) is 1. The predicted octanol–water partition coefficient (Wildman–Crippen LogP) is 3.33. The van der Waals surface area contributed by atoms with Crippen LogP contribution in [0.25, 0.3) is 0 Å². The molecule has 0 aromatic carbocycles. The van der Waals surface area contributed by atoms with E-state index in [2.05, 4.69) is 17.1 Å². The lowest BCUT2D eigenvalue weighted by molar-refractivity contribution is -0.198. The smallest absolute Gasteiger partial charge is 0.303 e. The van der Waals surface area contributed by atoms with Crippen LogP contribution in [-0.4, -0.2) is 65.3 Å². The number of hydrogen-bond donors (Lipinski definition) is 2. The Morgan fingerprint density at radius 2 is 1.96 bits per heavy atom. The zero-order chi connectivity index (χ0) is 19.8. The van der Waals surface area contributed by atoms with Gasteiger partial charge in [0.25, 0.3) is 0 Å². The van der Waals surface area contributed by atoms with Gasteiger partial charge in [-0.2, -0.15) is 0 Å². The number of piperidine rings is 1. The maximum absolute atomic E-state index is 10.8. The second-order valence-electron chi connectivity index (χ2n) is 8.52. The number of carboxylic acid groups (broad SMARTS) is 1. The molecule has 6 nitrogen and oxygen atoms in total. The molecule has 5 atom stereocenters. The molecule has 3 rings (SSSR count). The Balaban J connectivity index is 1.59. The fraction of sp³-hybridized carbons (Fsp3) is 0.864. The molecule has 160 valence electrons. The first-order chi connectivity index (χ1) is 13.6. The van der Waals surface area contributed by atoms with Crippen molar-refractivity contribution in [1.82, 2.24) is 4.90 Å². The summed E-state index contributed by atoms with van der Waals surface area (Å²) in [7, 11) is 0. The van der Waals surface area contributed by atoms with Gasteiger partial charge in [-0.1, -0.05) is 18.6 Å². The molecule has 6 heteroatoms. The first-order valence-corrected chi connectivity index (χ1v) is 11.2. The summed E-state index contributed by atoms with van der Waals surface area (Å²) in [6.07, 6.45) is 13.8. The van der Waals surface area contributed by atoms with Crippen molar-refractivity contribution in [3.8, 4) is 0 Å².